The van der Waals surface area contributed by atoms with Gasteiger partial charge in [0.25, 0.3) is 0 Å². The van der Waals surface area contributed by atoms with E-state index in [2.05, 4.69) is 167 Å². The van der Waals surface area contributed by atoms with E-state index in [0.717, 1.165) is 73.8 Å². The molecule has 0 N–H and O–H groups in total. The molecule has 0 fully saturated rings. The molecule has 0 atom stereocenters. The smallest absolute Gasteiger partial charge is 0.161 e. The third-order valence-corrected chi connectivity index (χ3v) is 11.3. The Bertz CT molecular complexity index is 2980. The van der Waals surface area contributed by atoms with Crippen LogP contribution in [-0.2, 0) is 13.0 Å². The largest absolute Gasteiger partial charge is 0.261 e. The monoisotopic (exact) mass is 790 g/mol. The van der Waals surface area contributed by atoms with Gasteiger partial charge in [0.1, 0.15) is 0 Å². The molecule has 1 heterocycles. The number of benzene rings is 7. The number of rotatable bonds is 11. The van der Waals surface area contributed by atoms with Crippen LogP contribution in [0, 0.1) is 6.92 Å². The normalized spacial score (nSPS) is 12.3. The second-order valence-corrected chi connectivity index (χ2v) is 15.2. The van der Waals surface area contributed by atoms with E-state index >= 15 is 0 Å². The zero-order chi connectivity index (χ0) is 42.1. The van der Waals surface area contributed by atoms with Crippen molar-refractivity contribution < 1.29 is 0 Å². The fourth-order valence-corrected chi connectivity index (χ4v) is 8.28. The SMILES string of the molecule is C=NC(=NC(=NCc1ccccc1)c1cc(-c2cccc(-c3nccc4ccccc34)c2)cc(-c2ccc3c(/C=C\CC)c(C)c(CC)c(/C=C\C)c3c2)c1)c1ccccc1. The molecule has 0 aliphatic heterocycles. The first-order chi connectivity index (χ1) is 30.0. The lowest BCUT2D eigenvalue weighted by molar-refractivity contribution is 1.06. The van der Waals surface area contributed by atoms with Gasteiger partial charge in [-0.05, 0) is 136 Å². The predicted octanol–water partition coefficient (Wildman–Crippen LogP) is 14.8. The Kier molecular flexibility index (Phi) is 12.4. The van der Waals surface area contributed by atoms with E-state index in [4.69, 9.17) is 15.0 Å². The van der Waals surface area contributed by atoms with Crippen molar-refractivity contribution in [3.8, 4) is 33.5 Å². The van der Waals surface area contributed by atoms with Crippen LogP contribution in [0.4, 0.5) is 0 Å². The number of nitrogens with zero attached hydrogens (tertiary/aromatic N) is 4. The average molecular weight is 791 g/mol. The van der Waals surface area contributed by atoms with E-state index in [9.17, 15) is 0 Å². The van der Waals surface area contributed by atoms with E-state index in [0.29, 0.717) is 18.2 Å². The van der Waals surface area contributed by atoms with Crippen LogP contribution in [0.1, 0.15) is 66.1 Å². The summed E-state index contributed by atoms with van der Waals surface area (Å²) in [6.07, 6.45) is 12.8. The minimum absolute atomic E-state index is 0.455. The highest BCUT2D eigenvalue weighted by Crippen LogP contribution is 2.38. The first-order valence-corrected chi connectivity index (χ1v) is 21.2. The Hall–Kier alpha value is -7.30. The van der Waals surface area contributed by atoms with E-state index < -0.39 is 0 Å². The van der Waals surface area contributed by atoms with Gasteiger partial charge in [-0.15, -0.1) is 0 Å². The summed E-state index contributed by atoms with van der Waals surface area (Å²) in [6, 6.07) is 53.1. The second-order valence-electron chi connectivity index (χ2n) is 15.2. The summed E-state index contributed by atoms with van der Waals surface area (Å²) in [4.78, 5) is 19.7. The van der Waals surface area contributed by atoms with Crippen LogP contribution >= 0.6 is 0 Å². The third kappa shape index (κ3) is 8.71. The molecule has 0 unspecified atom stereocenters. The van der Waals surface area contributed by atoms with Gasteiger partial charge in [-0.2, -0.15) is 0 Å². The van der Waals surface area contributed by atoms with Crippen molar-refractivity contribution in [2.75, 3.05) is 0 Å². The molecule has 298 valence electrons. The predicted molar refractivity (Wildman–Crippen MR) is 263 cm³/mol. The maximum absolute atomic E-state index is 5.22. The number of allylic oxidation sites excluding steroid dienone is 2. The number of aromatic nitrogens is 1. The van der Waals surface area contributed by atoms with Crippen molar-refractivity contribution in [1.29, 1.82) is 0 Å². The average Bonchev–Trinajstić information content (AvgIpc) is 3.32. The summed E-state index contributed by atoms with van der Waals surface area (Å²) < 4.78 is 0. The van der Waals surface area contributed by atoms with Gasteiger partial charge in [0.05, 0.1) is 12.2 Å². The van der Waals surface area contributed by atoms with Crippen molar-refractivity contribution in [3.05, 3.63) is 209 Å². The number of amidine groups is 2. The molecule has 61 heavy (non-hydrogen) atoms. The molecule has 0 aliphatic carbocycles. The van der Waals surface area contributed by atoms with Crippen molar-refractivity contribution in [1.82, 2.24) is 4.98 Å². The van der Waals surface area contributed by atoms with E-state index in [-0.39, 0.29) is 0 Å². The van der Waals surface area contributed by atoms with Gasteiger partial charge in [0.2, 0.25) is 0 Å². The number of hydrogen-bond acceptors (Lipinski definition) is 2. The molecule has 0 saturated carbocycles. The van der Waals surface area contributed by atoms with E-state index in [1.165, 1.54) is 33.0 Å². The Morgan fingerprint density at radius 3 is 2.05 bits per heavy atom. The van der Waals surface area contributed by atoms with Crippen LogP contribution in [-0.4, -0.2) is 23.4 Å². The summed E-state index contributed by atoms with van der Waals surface area (Å²) in [6.45, 7) is 13.2. The Labute approximate surface area is 360 Å². The molecule has 0 saturated heterocycles. The quantitative estimate of drug-likeness (QED) is 0.0951. The fourth-order valence-electron chi connectivity index (χ4n) is 8.28. The van der Waals surface area contributed by atoms with Crippen LogP contribution in [0.3, 0.4) is 0 Å². The lowest BCUT2D eigenvalue weighted by atomic mass is 9.86. The first kappa shape index (κ1) is 40.5. The lowest BCUT2D eigenvalue weighted by Gasteiger charge is -2.18. The summed E-state index contributed by atoms with van der Waals surface area (Å²) in [5.74, 6) is 1.09. The van der Waals surface area contributed by atoms with Gasteiger partial charge < -0.3 is 0 Å². The van der Waals surface area contributed by atoms with Gasteiger partial charge >= 0.3 is 0 Å². The number of fused-ring (bicyclic) bond motifs is 2. The number of pyridine rings is 1. The molecule has 0 amide bonds. The molecule has 1 aromatic heterocycles. The Morgan fingerprint density at radius 1 is 0.607 bits per heavy atom. The highest BCUT2D eigenvalue weighted by Gasteiger charge is 2.17. The summed E-state index contributed by atoms with van der Waals surface area (Å²) in [7, 11) is 0. The standard InChI is InChI=1S/C57H50N4/c1-6-9-27-50-39(4)49(8-3)52(19-7-2)54-37-44(29-30-53(50)54)47-34-46(43-25-18-26-45(33-43)55-51-28-17-16-22-41(51)31-32-59-55)35-48(36-47)57(60-38-40-20-12-10-13-21-40)61-56(58-5)42-23-14-11-15-24-42/h7,9-37H,5-6,8,38H2,1-4H3/b19-7-,27-9-,60-57?,61-56?. The van der Waals surface area contributed by atoms with Gasteiger partial charge in [0.15, 0.2) is 11.7 Å². The van der Waals surface area contributed by atoms with Crippen molar-refractivity contribution in [2.45, 2.75) is 47.1 Å². The molecule has 0 radical (unpaired) electrons. The van der Waals surface area contributed by atoms with Crippen LogP contribution in [0.5, 0.6) is 0 Å². The summed E-state index contributed by atoms with van der Waals surface area (Å²) in [5, 5.41) is 4.77. The Morgan fingerprint density at radius 2 is 1.31 bits per heavy atom. The molecule has 0 aliphatic rings. The van der Waals surface area contributed by atoms with Crippen LogP contribution < -0.4 is 0 Å². The van der Waals surface area contributed by atoms with Gasteiger partial charge in [-0.1, -0.05) is 153 Å². The molecule has 8 rings (SSSR count). The minimum atomic E-state index is 0.455. The van der Waals surface area contributed by atoms with E-state index in [1.807, 2.05) is 54.7 Å². The molecular formula is C57H50N4. The topological polar surface area (TPSA) is 50.0 Å². The van der Waals surface area contributed by atoms with Crippen molar-refractivity contribution >= 4 is 52.1 Å². The van der Waals surface area contributed by atoms with Gasteiger partial charge in [-0.25, -0.2) is 9.98 Å². The molecule has 0 spiro atoms. The molecule has 4 heteroatoms. The highest BCUT2D eigenvalue weighted by atomic mass is 15.0. The van der Waals surface area contributed by atoms with E-state index in [1.54, 1.807) is 0 Å². The van der Waals surface area contributed by atoms with Crippen molar-refractivity contribution in [2.24, 2.45) is 15.0 Å². The molecule has 0 bridgehead atoms. The maximum atomic E-state index is 5.22. The fraction of sp³-hybridized carbons (Fsp3) is 0.123. The van der Waals surface area contributed by atoms with Crippen LogP contribution in [0.25, 0.3) is 67.2 Å². The van der Waals surface area contributed by atoms with Gasteiger partial charge in [-0.3, -0.25) is 9.98 Å². The number of hydrogen-bond donors (Lipinski definition) is 0. The van der Waals surface area contributed by atoms with Gasteiger partial charge in [0, 0.05) is 28.3 Å². The van der Waals surface area contributed by atoms with Crippen LogP contribution in [0.2, 0.25) is 0 Å². The molecule has 7 aromatic carbocycles. The zero-order valence-corrected chi connectivity index (χ0v) is 35.4. The summed E-state index contributed by atoms with van der Waals surface area (Å²) >= 11 is 0. The second kappa shape index (κ2) is 18.7. The Balaban J connectivity index is 1.38. The van der Waals surface area contributed by atoms with Crippen molar-refractivity contribution in [3.63, 3.8) is 0 Å². The third-order valence-electron chi connectivity index (χ3n) is 11.3. The first-order valence-electron chi connectivity index (χ1n) is 21.2. The minimum Gasteiger partial charge on any atom is -0.261 e. The summed E-state index contributed by atoms with van der Waals surface area (Å²) in [5.41, 5.74) is 14.4. The molecule has 8 aromatic rings. The highest BCUT2D eigenvalue weighted by molar-refractivity contribution is 6.13. The lowest BCUT2D eigenvalue weighted by Crippen LogP contribution is -2.06. The van der Waals surface area contributed by atoms with Crippen LogP contribution in [0.15, 0.2) is 185 Å². The maximum Gasteiger partial charge on any atom is 0.161 e. The zero-order valence-electron chi connectivity index (χ0n) is 35.4. The number of aliphatic imine (C=N–C) groups is 3. The molecular weight excluding hydrogens is 741 g/mol. The molecule has 4 nitrogen and oxygen atoms in total.